The Balaban J connectivity index is 2.14. The summed E-state index contributed by atoms with van der Waals surface area (Å²) in [5, 5.41) is 7.15. The van der Waals surface area contributed by atoms with Crippen LogP contribution in [0.5, 0.6) is 0 Å². The molecule has 0 radical (unpaired) electrons. The highest BCUT2D eigenvalue weighted by molar-refractivity contribution is 7.08. The third-order valence-electron chi connectivity index (χ3n) is 2.21. The molecular weight excluding hydrogens is 272 g/mol. The second-order valence-corrected chi connectivity index (χ2v) is 4.80. The minimum Gasteiger partial charge on any atom is -0.306 e. The fraction of sp³-hybridized carbons (Fsp3) is 0.273. The van der Waals surface area contributed by atoms with E-state index in [9.17, 15) is 4.79 Å². The molecule has 5 nitrogen and oxygen atoms in total. The topological polar surface area (TPSA) is 67.8 Å². The first-order chi connectivity index (χ1) is 8.70. The summed E-state index contributed by atoms with van der Waals surface area (Å²) in [4.78, 5) is 16.6. The van der Waals surface area contributed by atoms with Crippen molar-refractivity contribution in [2.24, 2.45) is 0 Å². The van der Waals surface area contributed by atoms with E-state index in [1.165, 1.54) is 6.20 Å². The molecule has 0 aliphatic rings. The monoisotopic (exact) mass is 282 g/mol. The zero-order valence-electron chi connectivity index (χ0n) is 9.68. The minimum atomic E-state index is -0.247. The average Bonchev–Trinajstić information content (AvgIpc) is 2.78. The van der Waals surface area contributed by atoms with E-state index in [0.717, 1.165) is 30.1 Å². The first-order valence-corrected chi connectivity index (χ1v) is 6.60. The van der Waals surface area contributed by atoms with Gasteiger partial charge in [0.15, 0.2) is 0 Å². The van der Waals surface area contributed by atoms with Gasteiger partial charge in [0.05, 0.1) is 5.69 Å². The number of pyridine rings is 1. The smallest absolute Gasteiger partial charge is 0.270 e. The van der Waals surface area contributed by atoms with Gasteiger partial charge < -0.3 is 5.32 Å². The molecule has 2 heterocycles. The van der Waals surface area contributed by atoms with E-state index in [1.54, 1.807) is 12.1 Å². The zero-order chi connectivity index (χ0) is 13.0. The maximum atomic E-state index is 12.0. The highest BCUT2D eigenvalue weighted by Crippen LogP contribution is 2.16. The van der Waals surface area contributed by atoms with Gasteiger partial charge >= 0.3 is 0 Å². The van der Waals surface area contributed by atoms with E-state index in [1.807, 2.05) is 6.92 Å². The zero-order valence-corrected chi connectivity index (χ0v) is 11.3. The number of carbonyl (C=O) groups is 1. The Hall–Kier alpha value is -1.53. The molecular formula is C11H11ClN4OS. The fourth-order valence-corrected chi connectivity index (χ4v) is 2.19. The summed E-state index contributed by atoms with van der Waals surface area (Å²) in [6, 6.07) is 3.24. The lowest BCUT2D eigenvalue weighted by atomic mass is 10.2. The van der Waals surface area contributed by atoms with Gasteiger partial charge in [-0.1, -0.05) is 29.4 Å². The summed E-state index contributed by atoms with van der Waals surface area (Å²) in [6.07, 6.45) is 3.19. The molecule has 1 N–H and O–H groups in total. The van der Waals surface area contributed by atoms with Crippen LogP contribution in [0.15, 0.2) is 18.3 Å². The number of amides is 1. The third-order valence-corrected chi connectivity index (χ3v) is 3.21. The summed E-state index contributed by atoms with van der Waals surface area (Å²) in [6.45, 7) is 2.03. The molecule has 0 fully saturated rings. The number of aryl methyl sites for hydroxylation is 1. The molecule has 2 aromatic rings. The van der Waals surface area contributed by atoms with Crippen LogP contribution in [-0.2, 0) is 6.42 Å². The van der Waals surface area contributed by atoms with Crippen molar-refractivity contribution in [3.8, 4) is 0 Å². The van der Waals surface area contributed by atoms with E-state index >= 15 is 0 Å². The van der Waals surface area contributed by atoms with Gasteiger partial charge in [-0.2, -0.15) is 0 Å². The van der Waals surface area contributed by atoms with Crippen molar-refractivity contribution >= 4 is 34.9 Å². The van der Waals surface area contributed by atoms with Gasteiger partial charge in [0.2, 0.25) is 0 Å². The molecule has 0 saturated heterocycles. The van der Waals surface area contributed by atoms with E-state index in [0.29, 0.717) is 15.7 Å². The maximum Gasteiger partial charge on any atom is 0.270 e. The molecule has 0 aromatic carbocycles. The van der Waals surface area contributed by atoms with Crippen LogP contribution in [0.4, 0.5) is 5.82 Å². The van der Waals surface area contributed by atoms with Crippen LogP contribution in [0.1, 0.15) is 28.7 Å². The molecule has 0 aliphatic heterocycles. The molecule has 0 spiro atoms. The van der Waals surface area contributed by atoms with Crippen LogP contribution in [0.3, 0.4) is 0 Å². The fourth-order valence-electron chi connectivity index (χ4n) is 1.43. The summed E-state index contributed by atoms with van der Waals surface area (Å²) in [5.74, 6) is 0.173. The van der Waals surface area contributed by atoms with Crippen molar-refractivity contribution in [1.82, 2.24) is 14.6 Å². The van der Waals surface area contributed by atoms with Gasteiger partial charge in [0.25, 0.3) is 5.91 Å². The van der Waals surface area contributed by atoms with Gasteiger partial charge in [-0.15, -0.1) is 5.10 Å². The van der Waals surface area contributed by atoms with E-state index in [-0.39, 0.29) is 5.91 Å². The van der Waals surface area contributed by atoms with Crippen molar-refractivity contribution in [2.45, 2.75) is 19.8 Å². The number of rotatable bonds is 4. The third kappa shape index (κ3) is 3.02. The van der Waals surface area contributed by atoms with Gasteiger partial charge in [0, 0.05) is 11.2 Å². The molecule has 94 valence electrons. The first kappa shape index (κ1) is 12.9. The number of carbonyl (C=O) groups excluding carboxylic acids is 1. The molecule has 0 unspecified atom stereocenters. The van der Waals surface area contributed by atoms with E-state index in [2.05, 4.69) is 19.9 Å². The lowest BCUT2D eigenvalue weighted by Crippen LogP contribution is -2.13. The first-order valence-electron chi connectivity index (χ1n) is 5.45. The normalized spacial score (nSPS) is 10.3. The highest BCUT2D eigenvalue weighted by atomic mass is 35.5. The Bertz CT molecular complexity index is 557. The summed E-state index contributed by atoms with van der Waals surface area (Å²) < 4.78 is 3.81. The predicted octanol–water partition coefficient (Wildman–Crippen LogP) is 2.79. The van der Waals surface area contributed by atoms with Crippen LogP contribution in [0.2, 0.25) is 5.02 Å². The Morgan fingerprint density at radius 3 is 3.11 bits per heavy atom. The molecule has 1 amide bonds. The highest BCUT2D eigenvalue weighted by Gasteiger charge is 2.16. The van der Waals surface area contributed by atoms with Crippen LogP contribution < -0.4 is 5.32 Å². The van der Waals surface area contributed by atoms with Crippen LogP contribution in [-0.4, -0.2) is 20.5 Å². The van der Waals surface area contributed by atoms with Crippen LogP contribution in [0.25, 0.3) is 0 Å². The Labute approximate surface area is 113 Å². The van der Waals surface area contributed by atoms with Crippen LogP contribution >= 0.6 is 23.1 Å². The molecule has 0 atom stereocenters. The lowest BCUT2D eigenvalue weighted by molar-refractivity contribution is 0.102. The maximum absolute atomic E-state index is 12.0. The molecule has 2 rings (SSSR count). The number of nitrogens with one attached hydrogen (secondary N) is 1. The van der Waals surface area contributed by atoms with Gasteiger partial charge in [0.1, 0.15) is 10.7 Å². The van der Waals surface area contributed by atoms with Crippen molar-refractivity contribution in [3.63, 3.8) is 0 Å². The van der Waals surface area contributed by atoms with Crippen molar-refractivity contribution in [1.29, 1.82) is 0 Å². The second kappa shape index (κ2) is 5.88. The molecule has 0 aliphatic carbocycles. The molecule has 0 bridgehead atoms. The van der Waals surface area contributed by atoms with Crippen molar-refractivity contribution < 1.29 is 4.79 Å². The summed E-state index contributed by atoms with van der Waals surface area (Å²) >= 11 is 6.91. The Morgan fingerprint density at radius 1 is 1.56 bits per heavy atom. The molecule has 7 heteroatoms. The molecule has 2 aromatic heterocycles. The number of hydrogen-bond acceptors (Lipinski definition) is 5. The summed E-state index contributed by atoms with van der Waals surface area (Å²) in [7, 11) is 0. The Kier molecular flexibility index (Phi) is 4.22. The lowest BCUT2D eigenvalue weighted by Gasteiger charge is -2.03. The van der Waals surface area contributed by atoms with Gasteiger partial charge in [-0.3, -0.25) is 4.79 Å². The molecule has 18 heavy (non-hydrogen) atoms. The number of halogens is 1. The standard InChI is InChI=1S/C11H11ClN4OS/c1-2-3-8-10(18-16-15-8)11(17)14-9-6-7(12)4-5-13-9/h4-6H,2-3H2,1H3,(H,13,14,17). The summed E-state index contributed by atoms with van der Waals surface area (Å²) in [5.41, 5.74) is 0.724. The number of anilines is 1. The SMILES string of the molecule is CCCc1nnsc1C(=O)Nc1cc(Cl)ccn1. The predicted molar refractivity (Wildman–Crippen MR) is 71.1 cm³/mol. The largest absolute Gasteiger partial charge is 0.306 e. The van der Waals surface area contributed by atoms with Crippen molar-refractivity contribution in [3.05, 3.63) is 33.9 Å². The van der Waals surface area contributed by atoms with Crippen molar-refractivity contribution in [2.75, 3.05) is 5.32 Å². The number of nitrogens with zero attached hydrogens (tertiary/aromatic N) is 3. The quantitative estimate of drug-likeness (QED) is 0.936. The van der Waals surface area contributed by atoms with Crippen LogP contribution in [0, 0.1) is 0 Å². The second-order valence-electron chi connectivity index (χ2n) is 3.61. The molecule has 0 saturated carbocycles. The average molecular weight is 283 g/mol. The van der Waals surface area contributed by atoms with Gasteiger partial charge in [-0.25, -0.2) is 4.98 Å². The van der Waals surface area contributed by atoms with E-state index < -0.39 is 0 Å². The van der Waals surface area contributed by atoms with Gasteiger partial charge in [-0.05, 0) is 30.1 Å². The number of aromatic nitrogens is 3. The minimum absolute atomic E-state index is 0.247. The Morgan fingerprint density at radius 2 is 2.39 bits per heavy atom. The van der Waals surface area contributed by atoms with E-state index in [4.69, 9.17) is 11.6 Å². The number of hydrogen-bond donors (Lipinski definition) is 1.